The number of likely N-dealkylation sites (N-methyl/N-ethyl adjacent to an activating group) is 1. The van der Waals surface area contributed by atoms with E-state index < -0.39 is 0 Å². The molecule has 1 fully saturated rings. The van der Waals surface area contributed by atoms with Crippen LogP contribution in [0.2, 0.25) is 0 Å². The Labute approximate surface area is 137 Å². The maximum absolute atomic E-state index is 12.9. The summed E-state index contributed by atoms with van der Waals surface area (Å²) >= 11 is 0. The van der Waals surface area contributed by atoms with Crippen LogP contribution < -0.4 is 4.74 Å². The van der Waals surface area contributed by atoms with Gasteiger partial charge in [-0.25, -0.2) is 0 Å². The van der Waals surface area contributed by atoms with Crippen LogP contribution in [0.25, 0.3) is 10.9 Å². The number of benzene rings is 1. The Bertz CT molecular complexity index is 699. The Balaban J connectivity index is 1.83. The monoisotopic (exact) mass is 314 g/mol. The number of hydrogen-bond donors (Lipinski definition) is 1. The predicted octanol–water partition coefficient (Wildman–Crippen LogP) is 3.93. The van der Waals surface area contributed by atoms with Gasteiger partial charge in [-0.05, 0) is 45.0 Å². The lowest BCUT2D eigenvalue weighted by molar-refractivity contribution is 0.0900. The number of rotatable bonds is 5. The summed E-state index contributed by atoms with van der Waals surface area (Å²) in [5.41, 5.74) is 2.74. The minimum absolute atomic E-state index is 0.190. The summed E-state index contributed by atoms with van der Waals surface area (Å²) < 4.78 is 5.31. The van der Waals surface area contributed by atoms with Gasteiger partial charge in [0.05, 0.1) is 13.7 Å². The topological polar surface area (TPSA) is 45.3 Å². The fourth-order valence-corrected chi connectivity index (χ4v) is 3.75. The summed E-state index contributed by atoms with van der Waals surface area (Å²) in [5.74, 6) is 0.973. The Hall–Kier alpha value is -1.81. The van der Waals surface area contributed by atoms with Crippen molar-refractivity contribution in [3.05, 3.63) is 29.5 Å². The van der Waals surface area contributed by atoms with Crippen molar-refractivity contribution < 1.29 is 9.53 Å². The first-order valence-corrected chi connectivity index (χ1v) is 8.50. The van der Waals surface area contributed by atoms with Gasteiger partial charge < -0.3 is 9.72 Å². The Morgan fingerprint density at radius 1 is 1.30 bits per heavy atom. The van der Waals surface area contributed by atoms with Crippen molar-refractivity contribution in [1.82, 2.24) is 9.88 Å². The zero-order chi connectivity index (χ0) is 16.4. The van der Waals surface area contributed by atoms with Gasteiger partial charge in [-0.15, -0.1) is 0 Å². The molecule has 0 aliphatic heterocycles. The molecule has 0 unspecified atom stereocenters. The number of aromatic nitrogens is 1. The molecule has 0 radical (unpaired) electrons. The molecular formula is C19H26N2O2. The van der Waals surface area contributed by atoms with Gasteiger partial charge >= 0.3 is 0 Å². The van der Waals surface area contributed by atoms with Gasteiger partial charge in [-0.3, -0.25) is 9.69 Å². The smallest absolute Gasteiger partial charge is 0.179 e. The molecule has 23 heavy (non-hydrogen) atoms. The number of aromatic amines is 1. The van der Waals surface area contributed by atoms with Gasteiger partial charge in [0.2, 0.25) is 0 Å². The van der Waals surface area contributed by atoms with Crippen LogP contribution in [0.1, 0.15) is 48.2 Å². The van der Waals surface area contributed by atoms with Crippen molar-refractivity contribution in [2.24, 2.45) is 0 Å². The number of nitrogens with zero attached hydrogens (tertiary/aromatic N) is 1. The van der Waals surface area contributed by atoms with Crippen LogP contribution in [0.5, 0.6) is 5.75 Å². The second kappa shape index (κ2) is 6.75. The molecule has 4 nitrogen and oxygen atoms in total. The summed E-state index contributed by atoms with van der Waals surface area (Å²) in [6.07, 6.45) is 6.33. The second-order valence-electron chi connectivity index (χ2n) is 6.67. The summed E-state index contributed by atoms with van der Waals surface area (Å²) in [5, 5.41) is 0.962. The molecule has 1 heterocycles. The van der Waals surface area contributed by atoms with E-state index in [2.05, 4.69) is 16.9 Å². The molecule has 1 aromatic heterocycles. The van der Waals surface area contributed by atoms with E-state index in [9.17, 15) is 4.79 Å². The van der Waals surface area contributed by atoms with Crippen LogP contribution in [0.4, 0.5) is 0 Å². The molecule has 1 aliphatic carbocycles. The van der Waals surface area contributed by atoms with Gasteiger partial charge in [-0.1, -0.05) is 19.3 Å². The summed E-state index contributed by atoms with van der Waals surface area (Å²) in [4.78, 5) is 18.4. The molecule has 3 rings (SSSR count). The highest BCUT2D eigenvalue weighted by Gasteiger charge is 2.23. The van der Waals surface area contributed by atoms with Gasteiger partial charge in [0.1, 0.15) is 5.75 Å². The molecular weight excluding hydrogens is 288 g/mol. The van der Waals surface area contributed by atoms with Crippen molar-refractivity contribution >= 4 is 16.7 Å². The lowest BCUT2D eigenvalue weighted by Gasteiger charge is -2.30. The van der Waals surface area contributed by atoms with E-state index in [0.29, 0.717) is 12.6 Å². The van der Waals surface area contributed by atoms with Crippen LogP contribution in [-0.4, -0.2) is 42.4 Å². The lowest BCUT2D eigenvalue weighted by atomic mass is 9.94. The van der Waals surface area contributed by atoms with Crippen LogP contribution >= 0.6 is 0 Å². The number of H-pyrrole nitrogens is 1. The number of carbonyl (C=O) groups excluding carboxylic acids is 1. The number of aryl methyl sites for hydroxylation is 1. The molecule has 1 aromatic carbocycles. The third-order valence-electron chi connectivity index (χ3n) is 5.06. The molecule has 1 N–H and O–H groups in total. The Kier molecular flexibility index (Phi) is 4.71. The van der Waals surface area contributed by atoms with Crippen molar-refractivity contribution in [1.29, 1.82) is 0 Å². The minimum Gasteiger partial charge on any atom is -0.497 e. The molecule has 1 aliphatic rings. The largest absolute Gasteiger partial charge is 0.497 e. The third kappa shape index (κ3) is 3.27. The van der Waals surface area contributed by atoms with E-state index in [-0.39, 0.29) is 5.78 Å². The first-order chi connectivity index (χ1) is 11.1. The Morgan fingerprint density at radius 3 is 2.74 bits per heavy atom. The highest BCUT2D eigenvalue weighted by atomic mass is 16.5. The van der Waals surface area contributed by atoms with Gasteiger partial charge in [-0.2, -0.15) is 0 Å². The number of hydrogen-bond acceptors (Lipinski definition) is 3. The van der Waals surface area contributed by atoms with Crippen LogP contribution in [0.15, 0.2) is 18.2 Å². The minimum atomic E-state index is 0.190. The fourth-order valence-electron chi connectivity index (χ4n) is 3.75. The number of Topliss-reactive ketones (excluding diaryl/α,β-unsaturated/α-hetero) is 1. The van der Waals surface area contributed by atoms with E-state index in [4.69, 9.17) is 4.74 Å². The lowest BCUT2D eigenvalue weighted by Crippen LogP contribution is -2.37. The maximum atomic E-state index is 12.9. The molecule has 0 amide bonds. The standard InChI is InChI=1S/C19H26N2O2/c1-13-19(16-11-15(23-3)9-10-17(16)20-13)18(22)12-21(2)14-7-5-4-6-8-14/h9-11,14,20H,4-8,12H2,1-3H3. The first kappa shape index (κ1) is 16.1. The second-order valence-corrected chi connectivity index (χ2v) is 6.67. The zero-order valence-electron chi connectivity index (χ0n) is 14.3. The first-order valence-electron chi connectivity index (χ1n) is 8.50. The van der Waals surface area contributed by atoms with E-state index in [1.165, 1.54) is 32.1 Å². The summed E-state index contributed by atoms with van der Waals surface area (Å²) in [6.45, 7) is 2.45. The maximum Gasteiger partial charge on any atom is 0.179 e. The average molecular weight is 314 g/mol. The Morgan fingerprint density at radius 2 is 2.04 bits per heavy atom. The van der Waals surface area contributed by atoms with Gasteiger partial charge in [0.15, 0.2) is 5.78 Å². The zero-order valence-corrected chi connectivity index (χ0v) is 14.3. The van der Waals surface area contributed by atoms with E-state index in [0.717, 1.165) is 27.9 Å². The molecule has 2 aromatic rings. The van der Waals surface area contributed by atoms with Gasteiger partial charge in [0.25, 0.3) is 0 Å². The van der Waals surface area contributed by atoms with Crippen LogP contribution in [-0.2, 0) is 0 Å². The SMILES string of the molecule is COc1ccc2[nH]c(C)c(C(=O)CN(C)C3CCCCC3)c2c1. The van der Waals surface area contributed by atoms with E-state index >= 15 is 0 Å². The number of carbonyl (C=O) groups is 1. The molecule has 1 saturated carbocycles. The van der Waals surface area contributed by atoms with Crippen molar-refractivity contribution in [3.8, 4) is 5.75 Å². The fraction of sp³-hybridized carbons (Fsp3) is 0.526. The average Bonchev–Trinajstić information content (AvgIpc) is 2.90. The third-order valence-corrected chi connectivity index (χ3v) is 5.06. The van der Waals surface area contributed by atoms with Crippen molar-refractivity contribution in [3.63, 3.8) is 0 Å². The molecule has 0 bridgehead atoms. The number of nitrogens with one attached hydrogen (secondary N) is 1. The van der Waals surface area contributed by atoms with Crippen molar-refractivity contribution in [2.75, 3.05) is 20.7 Å². The number of fused-ring (bicyclic) bond motifs is 1. The molecule has 4 heteroatoms. The number of methoxy groups -OCH3 is 1. The normalized spacial score (nSPS) is 16.2. The number of ketones is 1. The van der Waals surface area contributed by atoms with E-state index in [1.54, 1.807) is 7.11 Å². The highest BCUT2D eigenvalue weighted by Crippen LogP contribution is 2.28. The van der Waals surface area contributed by atoms with Gasteiger partial charge in [0, 0.05) is 28.2 Å². The van der Waals surface area contributed by atoms with E-state index in [1.807, 2.05) is 25.1 Å². The molecule has 0 spiro atoms. The quantitative estimate of drug-likeness (QED) is 0.850. The van der Waals surface area contributed by atoms with Crippen LogP contribution in [0, 0.1) is 6.92 Å². The summed E-state index contributed by atoms with van der Waals surface area (Å²) in [6, 6.07) is 6.39. The number of ether oxygens (including phenoxy) is 1. The summed E-state index contributed by atoms with van der Waals surface area (Å²) in [7, 11) is 3.73. The molecule has 0 saturated heterocycles. The molecule has 0 atom stereocenters. The van der Waals surface area contributed by atoms with Crippen molar-refractivity contribution in [2.45, 2.75) is 45.1 Å². The molecule has 124 valence electrons. The predicted molar refractivity (Wildman–Crippen MR) is 93.4 cm³/mol. The van der Waals surface area contributed by atoms with Crippen LogP contribution in [0.3, 0.4) is 0 Å². The highest BCUT2D eigenvalue weighted by molar-refractivity contribution is 6.10.